The Labute approximate surface area is 188 Å². The number of esters is 2. The third-order valence-electron chi connectivity index (χ3n) is 6.99. The smallest absolute Gasteiger partial charge is 0.338 e. The average molecular weight is 443 g/mol. The highest BCUT2D eigenvalue weighted by atomic mass is 19.1. The summed E-state index contributed by atoms with van der Waals surface area (Å²) in [4.78, 5) is 24.5. The second-order valence-electron chi connectivity index (χ2n) is 9.52. The quantitative estimate of drug-likeness (QED) is 0.675. The van der Waals surface area contributed by atoms with Gasteiger partial charge in [0.1, 0.15) is 18.0 Å². The number of aliphatic hydroxyl groups excluding tert-OH is 1. The second-order valence-corrected chi connectivity index (χ2v) is 9.52. The highest BCUT2D eigenvalue weighted by molar-refractivity contribution is 5.89. The molecule has 172 valence electrons. The molecule has 1 saturated heterocycles. The highest BCUT2D eigenvalue weighted by Gasteiger charge is 2.42. The summed E-state index contributed by atoms with van der Waals surface area (Å²) in [5.74, 6) is -0.334. The molecule has 4 rings (SSSR count). The van der Waals surface area contributed by atoms with E-state index in [2.05, 4.69) is 32.1 Å². The first-order chi connectivity index (χ1) is 15.3. The van der Waals surface area contributed by atoms with E-state index >= 15 is 0 Å². The first-order valence-electron chi connectivity index (χ1n) is 11.5. The number of carbonyl (C=O) groups excluding carboxylic acids is 2. The summed E-state index contributed by atoms with van der Waals surface area (Å²) in [6, 6.07) is 5.42. The van der Waals surface area contributed by atoms with Crippen molar-refractivity contribution in [1.82, 2.24) is 0 Å². The van der Waals surface area contributed by atoms with Crippen LogP contribution >= 0.6 is 0 Å². The predicted molar refractivity (Wildman–Crippen MR) is 117 cm³/mol. The molecule has 1 unspecified atom stereocenters. The highest BCUT2D eigenvalue weighted by Crippen LogP contribution is 2.45. The lowest BCUT2D eigenvalue weighted by Gasteiger charge is -2.43. The molecule has 2 aliphatic carbocycles. The summed E-state index contributed by atoms with van der Waals surface area (Å²) in [6.45, 7) is 4.28. The molecule has 5 nitrogen and oxygen atoms in total. The van der Waals surface area contributed by atoms with Crippen molar-refractivity contribution in [2.75, 3.05) is 0 Å². The van der Waals surface area contributed by atoms with E-state index in [1.807, 2.05) is 0 Å². The number of benzene rings is 1. The average Bonchev–Trinajstić information content (AvgIpc) is 2.73. The molecular formula is C26H31FO5. The molecule has 3 aliphatic rings. The van der Waals surface area contributed by atoms with Gasteiger partial charge in [0.25, 0.3) is 0 Å². The van der Waals surface area contributed by atoms with Crippen LogP contribution in [0.15, 0.2) is 48.1 Å². The maximum absolute atomic E-state index is 13.2. The van der Waals surface area contributed by atoms with Crippen LogP contribution in [0, 0.1) is 29.5 Å². The van der Waals surface area contributed by atoms with Crippen molar-refractivity contribution >= 4 is 11.9 Å². The molecule has 0 saturated carbocycles. The lowest BCUT2D eigenvalue weighted by Crippen LogP contribution is -2.41. The minimum Gasteiger partial charge on any atom is -0.462 e. The Morgan fingerprint density at radius 3 is 2.66 bits per heavy atom. The molecule has 0 radical (unpaired) electrons. The summed E-state index contributed by atoms with van der Waals surface area (Å²) in [7, 11) is 0. The molecule has 6 heteroatoms. The maximum Gasteiger partial charge on any atom is 0.338 e. The molecule has 0 aromatic heterocycles. The van der Waals surface area contributed by atoms with Gasteiger partial charge in [-0.05, 0) is 66.9 Å². The number of allylic oxidation sites excluding steroid dienone is 3. The van der Waals surface area contributed by atoms with Crippen LogP contribution in [0.3, 0.4) is 0 Å². The minimum atomic E-state index is -0.639. The van der Waals surface area contributed by atoms with Gasteiger partial charge in [-0.2, -0.15) is 0 Å². The Kier molecular flexibility index (Phi) is 6.79. The molecular weight excluding hydrogens is 411 g/mol. The van der Waals surface area contributed by atoms with Crippen molar-refractivity contribution in [2.45, 2.75) is 64.3 Å². The van der Waals surface area contributed by atoms with Gasteiger partial charge in [0.2, 0.25) is 0 Å². The fraction of sp³-hybridized carbons (Fsp3) is 0.538. The Morgan fingerprint density at radius 1 is 1.19 bits per heavy atom. The van der Waals surface area contributed by atoms with Gasteiger partial charge < -0.3 is 14.6 Å². The fourth-order valence-electron chi connectivity index (χ4n) is 5.43. The third-order valence-corrected chi connectivity index (χ3v) is 6.99. The van der Waals surface area contributed by atoms with Crippen LogP contribution in [-0.4, -0.2) is 35.4 Å². The van der Waals surface area contributed by atoms with Gasteiger partial charge in [-0.25, -0.2) is 9.18 Å². The normalized spacial score (nSPS) is 34.3. The Hall–Kier alpha value is -2.47. The molecule has 0 spiro atoms. The van der Waals surface area contributed by atoms with Crippen molar-refractivity contribution in [3.63, 3.8) is 0 Å². The molecule has 1 aromatic carbocycles. The second kappa shape index (κ2) is 9.57. The van der Waals surface area contributed by atoms with E-state index in [0.717, 1.165) is 12.8 Å². The largest absolute Gasteiger partial charge is 0.462 e. The van der Waals surface area contributed by atoms with Gasteiger partial charge in [-0.1, -0.05) is 32.1 Å². The van der Waals surface area contributed by atoms with E-state index in [4.69, 9.17) is 9.47 Å². The molecule has 32 heavy (non-hydrogen) atoms. The zero-order valence-electron chi connectivity index (χ0n) is 18.6. The number of carbonyl (C=O) groups is 2. The number of hydrogen-bond acceptors (Lipinski definition) is 5. The van der Waals surface area contributed by atoms with Crippen molar-refractivity contribution in [3.8, 4) is 0 Å². The van der Waals surface area contributed by atoms with Crippen molar-refractivity contribution in [2.24, 2.45) is 23.7 Å². The Morgan fingerprint density at radius 2 is 1.94 bits per heavy atom. The van der Waals surface area contributed by atoms with E-state index < -0.39 is 17.9 Å². The SMILES string of the molecule is C[C@H]1C=C2C=C[C@H](C)[C@H](CC[C@@H]3C[C@@H](O)CC(=O)O3)C2[C@@H](OC(=O)c2ccc(F)cc2)C1. The van der Waals surface area contributed by atoms with Crippen molar-refractivity contribution in [3.05, 3.63) is 59.4 Å². The van der Waals surface area contributed by atoms with E-state index in [0.29, 0.717) is 18.4 Å². The van der Waals surface area contributed by atoms with E-state index in [1.54, 1.807) is 0 Å². The van der Waals surface area contributed by atoms with Crippen LogP contribution in [0.1, 0.15) is 56.3 Å². The summed E-state index contributed by atoms with van der Waals surface area (Å²) in [5.41, 5.74) is 1.53. The number of fused-ring (bicyclic) bond motifs is 1. The summed E-state index contributed by atoms with van der Waals surface area (Å²) in [5, 5.41) is 9.92. The minimum absolute atomic E-state index is 0.0554. The lowest BCUT2D eigenvalue weighted by atomic mass is 9.65. The zero-order valence-corrected chi connectivity index (χ0v) is 18.6. The van der Waals surface area contributed by atoms with Gasteiger partial charge in [0, 0.05) is 12.3 Å². The number of halogens is 1. The van der Waals surface area contributed by atoms with Crippen molar-refractivity contribution in [1.29, 1.82) is 0 Å². The molecule has 1 aromatic rings. The first-order valence-corrected chi connectivity index (χ1v) is 11.5. The van der Waals surface area contributed by atoms with Crippen LogP contribution < -0.4 is 0 Å². The predicted octanol–water partition coefficient (Wildman–Crippen LogP) is 4.60. The van der Waals surface area contributed by atoms with E-state index in [1.165, 1.54) is 29.8 Å². The number of ether oxygens (including phenoxy) is 2. The monoisotopic (exact) mass is 442 g/mol. The van der Waals surface area contributed by atoms with Crippen LogP contribution in [0.25, 0.3) is 0 Å². The maximum atomic E-state index is 13.2. The topological polar surface area (TPSA) is 72.8 Å². The fourth-order valence-corrected chi connectivity index (χ4v) is 5.43. The van der Waals surface area contributed by atoms with Gasteiger partial charge in [-0.3, -0.25) is 4.79 Å². The summed E-state index contributed by atoms with van der Waals surface area (Å²) >= 11 is 0. The van der Waals surface area contributed by atoms with Crippen molar-refractivity contribution < 1.29 is 28.6 Å². The molecule has 1 heterocycles. The van der Waals surface area contributed by atoms with Crippen LogP contribution in [0.2, 0.25) is 0 Å². The Bertz CT molecular complexity index is 905. The zero-order chi connectivity index (χ0) is 22.8. The Balaban J connectivity index is 1.50. The van der Waals surface area contributed by atoms with Gasteiger partial charge in [0.15, 0.2) is 0 Å². The molecule has 1 fully saturated rings. The number of aliphatic hydroxyl groups is 1. The molecule has 7 atom stereocenters. The molecule has 1 aliphatic heterocycles. The molecule has 0 bridgehead atoms. The van der Waals surface area contributed by atoms with Crippen LogP contribution in [0.5, 0.6) is 0 Å². The van der Waals surface area contributed by atoms with E-state index in [-0.39, 0.29) is 48.3 Å². The summed E-state index contributed by atoms with van der Waals surface area (Å²) in [6.07, 6.45) is 8.14. The van der Waals surface area contributed by atoms with E-state index in [9.17, 15) is 19.1 Å². The van der Waals surface area contributed by atoms with Crippen LogP contribution in [0.4, 0.5) is 4.39 Å². The lowest BCUT2D eigenvalue weighted by molar-refractivity contribution is -0.160. The standard InChI is InChI=1S/C26H31FO5/c1-15-11-18-4-3-16(2)22(10-9-21-13-20(28)14-24(29)31-21)25(18)23(12-15)32-26(30)17-5-7-19(27)8-6-17/h3-8,11,15-16,20-23,25,28H,9-10,12-14H2,1-2H3/t15-,16-,20+,21+,22-,23-,25?/m0/s1. The van der Waals surface area contributed by atoms with Gasteiger partial charge in [0.05, 0.1) is 18.1 Å². The molecule has 0 amide bonds. The first kappa shape index (κ1) is 22.7. The number of cyclic esters (lactones) is 1. The molecule has 1 N–H and O–H groups in total. The third kappa shape index (κ3) is 5.12. The number of rotatable bonds is 5. The van der Waals surface area contributed by atoms with Gasteiger partial charge >= 0.3 is 11.9 Å². The van der Waals surface area contributed by atoms with Crippen LogP contribution in [-0.2, 0) is 14.3 Å². The summed E-state index contributed by atoms with van der Waals surface area (Å²) < 4.78 is 24.7. The number of hydrogen-bond donors (Lipinski definition) is 1. The van der Waals surface area contributed by atoms with Gasteiger partial charge in [-0.15, -0.1) is 0 Å².